The molecule has 2 aliphatic rings. The van der Waals surface area contributed by atoms with Crippen LogP contribution in [0.25, 0.3) is 0 Å². The molecule has 0 aliphatic carbocycles. The van der Waals surface area contributed by atoms with E-state index in [1.165, 1.54) is 16.1 Å². The van der Waals surface area contributed by atoms with E-state index in [9.17, 15) is 4.79 Å². The molecule has 2 aliphatic heterocycles. The number of carbonyl (C=O) groups excluding carboxylic acids is 1. The molecule has 33 heavy (non-hydrogen) atoms. The van der Waals surface area contributed by atoms with E-state index in [1.54, 1.807) is 18.0 Å². The maximum atomic E-state index is 13.2. The Bertz CT molecular complexity index is 1190. The predicted octanol–water partition coefficient (Wildman–Crippen LogP) is 6.33. The molecule has 2 heterocycles. The van der Waals surface area contributed by atoms with E-state index in [1.807, 2.05) is 42.2 Å². The fraction of sp³-hybridized carbons (Fsp3) is 0.269. The van der Waals surface area contributed by atoms with Crippen molar-refractivity contribution in [3.63, 3.8) is 0 Å². The van der Waals surface area contributed by atoms with Crippen LogP contribution in [0.1, 0.15) is 21.5 Å². The Morgan fingerprint density at radius 1 is 0.879 bits per heavy atom. The summed E-state index contributed by atoms with van der Waals surface area (Å²) < 4.78 is 2.41. The smallest absolute Gasteiger partial charge is 0.258 e. The van der Waals surface area contributed by atoms with Crippen LogP contribution in [0.3, 0.4) is 0 Å². The number of benzene rings is 3. The number of hydrogen-bond acceptors (Lipinski definition) is 4. The molecule has 0 unspecified atom stereocenters. The highest BCUT2D eigenvalue weighted by Gasteiger charge is 2.27. The number of nitrogens with zero attached hydrogens (tertiary/aromatic N) is 3. The van der Waals surface area contributed by atoms with Crippen LogP contribution in [0.15, 0.2) is 65.6 Å². The maximum Gasteiger partial charge on any atom is 0.258 e. The molecule has 4 nitrogen and oxygen atoms in total. The molecule has 0 radical (unpaired) electrons. The van der Waals surface area contributed by atoms with Gasteiger partial charge < -0.3 is 9.80 Å². The third-order valence-corrected chi connectivity index (χ3v) is 7.82. The van der Waals surface area contributed by atoms with Crippen molar-refractivity contribution in [3.05, 3.63) is 87.4 Å². The lowest BCUT2D eigenvalue weighted by Gasteiger charge is -2.35. The first kappa shape index (κ1) is 22.6. The van der Waals surface area contributed by atoms with E-state index >= 15 is 0 Å². The van der Waals surface area contributed by atoms with Crippen molar-refractivity contribution in [2.75, 3.05) is 42.5 Å². The number of aryl methyl sites for hydroxylation is 1. The van der Waals surface area contributed by atoms with Gasteiger partial charge in [0, 0.05) is 64.6 Å². The molecular weight excluding hydrogens is 473 g/mol. The minimum Gasteiger partial charge on any atom is -0.369 e. The van der Waals surface area contributed by atoms with Crippen LogP contribution in [0, 0.1) is 6.92 Å². The Balaban J connectivity index is 1.23. The van der Waals surface area contributed by atoms with Gasteiger partial charge >= 0.3 is 0 Å². The zero-order valence-electron chi connectivity index (χ0n) is 18.4. The molecule has 5 rings (SSSR count). The lowest BCUT2D eigenvalue weighted by Crippen LogP contribution is -2.43. The first-order valence-corrected chi connectivity index (χ1v) is 12.7. The van der Waals surface area contributed by atoms with Gasteiger partial charge in [0.1, 0.15) is 0 Å². The average molecular weight is 498 g/mol. The topological polar surface area (TPSA) is 26.8 Å². The predicted molar refractivity (Wildman–Crippen MR) is 139 cm³/mol. The fourth-order valence-corrected chi connectivity index (χ4v) is 5.90. The maximum absolute atomic E-state index is 13.2. The largest absolute Gasteiger partial charge is 0.369 e. The summed E-state index contributed by atoms with van der Waals surface area (Å²) in [7, 11) is 0. The summed E-state index contributed by atoms with van der Waals surface area (Å²) in [4.78, 5) is 18.7. The minimum atomic E-state index is 0.0421. The molecule has 0 spiro atoms. The van der Waals surface area contributed by atoms with Gasteiger partial charge in [-0.2, -0.15) is 0 Å². The van der Waals surface area contributed by atoms with Gasteiger partial charge in [0.15, 0.2) is 0 Å². The van der Waals surface area contributed by atoms with Gasteiger partial charge in [-0.1, -0.05) is 29.3 Å². The van der Waals surface area contributed by atoms with E-state index in [4.69, 9.17) is 23.2 Å². The first-order valence-electron chi connectivity index (χ1n) is 11.1. The molecule has 7 heteroatoms. The minimum absolute atomic E-state index is 0.0421. The van der Waals surface area contributed by atoms with E-state index in [0.717, 1.165) is 48.9 Å². The molecule has 170 valence electrons. The normalized spacial score (nSPS) is 16.2. The van der Waals surface area contributed by atoms with E-state index < -0.39 is 0 Å². The van der Waals surface area contributed by atoms with Crippen LogP contribution >= 0.6 is 35.1 Å². The average Bonchev–Trinajstić information content (AvgIpc) is 3.22. The molecule has 1 fully saturated rings. The van der Waals surface area contributed by atoms with Gasteiger partial charge in [0.05, 0.1) is 0 Å². The fourth-order valence-electron chi connectivity index (χ4n) is 4.52. The molecule has 0 aromatic heterocycles. The van der Waals surface area contributed by atoms with E-state index in [2.05, 4.69) is 33.5 Å². The number of anilines is 2. The van der Waals surface area contributed by atoms with Crippen molar-refractivity contribution in [1.29, 1.82) is 0 Å². The van der Waals surface area contributed by atoms with Crippen molar-refractivity contribution < 1.29 is 4.79 Å². The van der Waals surface area contributed by atoms with Crippen molar-refractivity contribution in [3.8, 4) is 0 Å². The summed E-state index contributed by atoms with van der Waals surface area (Å²) in [5, 5.41) is 1.43. The van der Waals surface area contributed by atoms with Crippen molar-refractivity contribution in [2.45, 2.75) is 18.2 Å². The summed E-state index contributed by atoms with van der Waals surface area (Å²) in [5.74, 6) is 0.0421. The Morgan fingerprint density at radius 2 is 1.67 bits per heavy atom. The molecule has 0 saturated carbocycles. The SMILES string of the molecule is Cc1cc(Cl)ccc1C(=O)N1CCc2cc(SN3CCN(c4cccc(Cl)c4)CC3)ccc21. The lowest BCUT2D eigenvalue weighted by molar-refractivity contribution is 0.0989. The Kier molecular flexibility index (Phi) is 6.57. The third-order valence-electron chi connectivity index (χ3n) is 6.26. The second-order valence-corrected chi connectivity index (χ2v) is 10.5. The van der Waals surface area contributed by atoms with Crippen LogP contribution in [0.4, 0.5) is 11.4 Å². The Labute approximate surface area is 209 Å². The zero-order chi connectivity index (χ0) is 22.9. The Morgan fingerprint density at radius 3 is 2.42 bits per heavy atom. The third kappa shape index (κ3) is 4.87. The van der Waals surface area contributed by atoms with E-state index in [0.29, 0.717) is 17.1 Å². The van der Waals surface area contributed by atoms with Gasteiger partial charge in [0.25, 0.3) is 5.91 Å². The van der Waals surface area contributed by atoms with Crippen LogP contribution < -0.4 is 9.80 Å². The molecule has 0 atom stereocenters. The van der Waals surface area contributed by atoms with Gasteiger partial charge in [0.2, 0.25) is 0 Å². The molecule has 3 aromatic rings. The second kappa shape index (κ2) is 9.59. The highest BCUT2D eigenvalue weighted by molar-refractivity contribution is 7.97. The van der Waals surface area contributed by atoms with Crippen LogP contribution in [0.5, 0.6) is 0 Å². The van der Waals surface area contributed by atoms with Gasteiger partial charge in [-0.05, 0) is 91.0 Å². The molecule has 0 N–H and O–H groups in total. The van der Waals surface area contributed by atoms with Crippen molar-refractivity contribution in [1.82, 2.24) is 4.31 Å². The number of piperazine rings is 1. The number of fused-ring (bicyclic) bond motifs is 1. The molecule has 0 bridgehead atoms. The number of hydrogen-bond donors (Lipinski definition) is 0. The summed E-state index contributed by atoms with van der Waals surface area (Å²) in [5.41, 5.74) is 5.06. The summed E-state index contributed by atoms with van der Waals surface area (Å²) in [6.07, 6.45) is 0.880. The Hall–Kier alpha value is -2.18. The summed E-state index contributed by atoms with van der Waals surface area (Å²) in [6.45, 7) is 6.55. The van der Waals surface area contributed by atoms with Crippen molar-refractivity contribution >= 4 is 52.4 Å². The highest BCUT2D eigenvalue weighted by Crippen LogP contribution is 2.35. The number of halogens is 2. The van der Waals surface area contributed by atoms with Crippen LogP contribution in [-0.2, 0) is 6.42 Å². The van der Waals surface area contributed by atoms with Crippen LogP contribution in [0.2, 0.25) is 10.0 Å². The van der Waals surface area contributed by atoms with Gasteiger partial charge in [-0.25, -0.2) is 4.31 Å². The van der Waals surface area contributed by atoms with Crippen molar-refractivity contribution in [2.24, 2.45) is 0 Å². The van der Waals surface area contributed by atoms with Gasteiger partial charge in [-0.3, -0.25) is 4.79 Å². The second-order valence-electron chi connectivity index (χ2n) is 8.44. The zero-order valence-corrected chi connectivity index (χ0v) is 20.8. The monoisotopic (exact) mass is 497 g/mol. The van der Waals surface area contributed by atoms with E-state index in [-0.39, 0.29) is 5.91 Å². The van der Waals surface area contributed by atoms with Gasteiger partial charge in [-0.15, -0.1) is 0 Å². The lowest BCUT2D eigenvalue weighted by atomic mass is 10.1. The first-order chi connectivity index (χ1) is 16.0. The number of amides is 1. The molecule has 3 aromatic carbocycles. The van der Waals surface area contributed by atoms with Crippen LogP contribution in [-0.4, -0.2) is 42.9 Å². The number of rotatable bonds is 4. The molecular formula is C26H25Cl2N3OS. The molecule has 1 saturated heterocycles. The summed E-state index contributed by atoms with van der Waals surface area (Å²) >= 11 is 14.0. The quantitative estimate of drug-likeness (QED) is 0.393. The highest BCUT2D eigenvalue weighted by atomic mass is 35.5. The summed E-state index contributed by atoms with van der Waals surface area (Å²) in [6, 6.07) is 20.0. The molecule has 1 amide bonds. The standard InChI is InChI=1S/C26H25Cl2N3OS/c1-18-15-21(28)5-7-24(18)26(32)31-10-9-19-16-23(6-8-25(19)31)33-30-13-11-29(12-14-30)22-4-2-3-20(27)17-22/h2-8,15-17H,9-14H2,1H3. The number of carbonyl (C=O) groups is 1.